The number of hydrogen-bond donors (Lipinski definition) is 0. The molecule has 0 saturated carbocycles. The number of aryl methyl sites for hydroxylation is 1. The third-order valence-electron chi connectivity index (χ3n) is 3.15. The standard InChI is InChI=1S/C18H17ClFNO3.C2H6/c1-11(9-23-13(3)22)10-24-18-12(2)8-16(19)21-17(18)14-4-6-15(20)7-5-14;1-2/h4-8H,1,9-10H2,2-3H3;1-2H3. The van der Waals surface area contributed by atoms with Crippen molar-refractivity contribution in [1.29, 1.82) is 0 Å². The first-order valence-corrected chi connectivity index (χ1v) is 8.60. The largest absolute Gasteiger partial charge is 0.487 e. The van der Waals surface area contributed by atoms with Crippen molar-refractivity contribution in [2.24, 2.45) is 0 Å². The highest BCUT2D eigenvalue weighted by atomic mass is 35.5. The molecule has 1 heterocycles. The van der Waals surface area contributed by atoms with Gasteiger partial charge in [0, 0.05) is 12.5 Å². The molecule has 0 fully saturated rings. The van der Waals surface area contributed by atoms with Crippen molar-refractivity contribution >= 4 is 17.6 Å². The van der Waals surface area contributed by atoms with Crippen molar-refractivity contribution in [3.05, 3.63) is 59.0 Å². The van der Waals surface area contributed by atoms with E-state index in [1.807, 2.05) is 20.8 Å². The molecule has 0 atom stereocenters. The Kier molecular flexibility index (Phi) is 8.79. The number of nitrogens with zero attached hydrogens (tertiary/aromatic N) is 1. The third kappa shape index (κ3) is 6.48. The van der Waals surface area contributed by atoms with Crippen molar-refractivity contribution in [3.8, 4) is 17.0 Å². The number of esters is 1. The molecule has 0 amide bonds. The van der Waals surface area contributed by atoms with Crippen molar-refractivity contribution < 1.29 is 18.7 Å². The molecule has 0 spiro atoms. The van der Waals surface area contributed by atoms with E-state index in [0.29, 0.717) is 27.7 Å². The number of ether oxygens (including phenoxy) is 2. The summed E-state index contributed by atoms with van der Waals surface area (Å²) in [4.78, 5) is 15.1. The molecular weight excluding hydrogens is 357 g/mol. The Labute approximate surface area is 158 Å². The van der Waals surface area contributed by atoms with Gasteiger partial charge in [0.25, 0.3) is 0 Å². The Hall–Kier alpha value is -2.40. The Morgan fingerprint density at radius 2 is 1.85 bits per heavy atom. The maximum atomic E-state index is 13.1. The lowest BCUT2D eigenvalue weighted by atomic mass is 10.1. The molecule has 0 aliphatic rings. The molecule has 0 unspecified atom stereocenters. The molecule has 0 bridgehead atoms. The second-order valence-electron chi connectivity index (χ2n) is 5.27. The number of carbonyl (C=O) groups is 1. The molecule has 1 aromatic heterocycles. The zero-order chi connectivity index (χ0) is 19.7. The van der Waals surface area contributed by atoms with E-state index < -0.39 is 0 Å². The molecule has 0 saturated heterocycles. The summed E-state index contributed by atoms with van der Waals surface area (Å²) in [5.74, 6) is -0.197. The number of hydrogen-bond acceptors (Lipinski definition) is 4. The Morgan fingerprint density at radius 1 is 1.23 bits per heavy atom. The smallest absolute Gasteiger partial charge is 0.302 e. The maximum Gasteiger partial charge on any atom is 0.302 e. The molecule has 0 aliphatic heterocycles. The zero-order valence-corrected chi connectivity index (χ0v) is 16.2. The van der Waals surface area contributed by atoms with E-state index in [9.17, 15) is 9.18 Å². The summed E-state index contributed by atoms with van der Waals surface area (Å²) in [6.45, 7) is 11.2. The lowest BCUT2D eigenvalue weighted by Crippen LogP contribution is -2.10. The number of aromatic nitrogens is 1. The molecule has 2 rings (SSSR count). The monoisotopic (exact) mass is 379 g/mol. The molecule has 1 aromatic carbocycles. The fraction of sp³-hybridized carbons (Fsp3) is 0.300. The quantitative estimate of drug-likeness (QED) is 0.384. The minimum atomic E-state index is -0.382. The Bertz CT molecular complexity index is 760. The third-order valence-corrected chi connectivity index (χ3v) is 3.34. The average Bonchev–Trinajstić information content (AvgIpc) is 2.61. The number of pyridine rings is 1. The number of rotatable bonds is 6. The minimum absolute atomic E-state index is 0.0846. The molecule has 4 nitrogen and oxygen atoms in total. The fourth-order valence-electron chi connectivity index (χ4n) is 2.03. The van der Waals surface area contributed by atoms with Gasteiger partial charge in [0.05, 0.1) is 0 Å². The van der Waals surface area contributed by atoms with E-state index in [0.717, 1.165) is 5.56 Å². The van der Waals surface area contributed by atoms with Crippen LogP contribution in [0.3, 0.4) is 0 Å². The van der Waals surface area contributed by atoms with Crippen LogP contribution in [0.4, 0.5) is 4.39 Å². The van der Waals surface area contributed by atoms with E-state index in [4.69, 9.17) is 21.1 Å². The number of carbonyl (C=O) groups excluding carboxylic acids is 1. The second kappa shape index (κ2) is 10.6. The van der Waals surface area contributed by atoms with Crippen LogP contribution in [-0.2, 0) is 9.53 Å². The number of halogens is 2. The van der Waals surface area contributed by atoms with Crippen molar-refractivity contribution in [3.63, 3.8) is 0 Å². The van der Waals surface area contributed by atoms with E-state index in [1.54, 1.807) is 18.2 Å². The van der Waals surface area contributed by atoms with Crippen molar-refractivity contribution in [2.75, 3.05) is 13.2 Å². The minimum Gasteiger partial charge on any atom is -0.487 e. The lowest BCUT2D eigenvalue weighted by molar-refractivity contribution is -0.140. The van der Waals surface area contributed by atoms with Crippen LogP contribution in [0.5, 0.6) is 5.75 Å². The summed E-state index contributed by atoms with van der Waals surface area (Å²) in [7, 11) is 0. The van der Waals surface area contributed by atoms with Crippen LogP contribution in [0.1, 0.15) is 26.3 Å². The molecule has 2 aromatic rings. The van der Waals surface area contributed by atoms with Gasteiger partial charge in [-0.2, -0.15) is 0 Å². The SMILES string of the molecule is C=C(COC(C)=O)COc1c(C)cc(Cl)nc1-c1ccc(F)cc1.CC. The summed E-state index contributed by atoms with van der Waals surface area (Å²) in [6, 6.07) is 7.58. The highest BCUT2D eigenvalue weighted by molar-refractivity contribution is 6.29. The Morgan fingerprint density at radius 3 is 2.42 bits per heavy atom. The van der Waals surface area contributed by atoms with Crippen molar-refractivity contribution in [1.82, 2.24) is 4.98 Å². The molecular formula is C20H23ClFNO3. The fourth-order valence-corrected chi connectivity index (χ4v) is 2.27. The van der Waals surface area contributed by atoms with Crippen LogP contribution in [-0.4, -0.2) is 24.2 Å². The topological polar surface area (TPSA) is 48.4 Å². The first-order valence-electron chi connectivity index (χ1n) is 8.22. The first kappa shape index (κ1) is 21.6. The normalized spacial score (nSPS) is 9.77. The summed E-state index contributed by atoms with van der Waals surface area (Å²) < 4.78 is 23.8. The number of benzene rings is 1. The predicted molar refractivity (Wildman–Crippen MR) is 102 cm³/mol. The first-order chi connectivity index (χ1) is 12.4. The van der Waals surface area contributed by atoms with Gasteiger partial charge in [-0.25, -0.2) is 9.37 Å². The zero-order valence-electron chi connectivity index (χ0n) is 15.4. The van der Waals surface area contributed by atoms with Gasteiger partial charge in [-0.15, -0.1) is 0 Å². The van der Waals surface area contributed by atoms with Gasteiger partial charge in [-0.1, -0.05) is 32.0 Å². The second-order valence-corrected chi connectivity index (χ2v) is 5.65. The van der Waals surface area contributed by atoms with E-state index in [2.05, 4.69) is 11.6 Å². The van der Waals surface area contributed by atoms with Crippen LogP contribution in [0, 0.1) is 12.7 Å². The molecule has 26 heavy (non-hydrogen) atoms. The van der Waals surface area contributed by atoms with Gasteiger partial charge in [0.15, 0.2) is 0 Å². The van der Waals surface area contributed by atoms with E-state index in [1.165, 1.54) is 19.1 Å². The Balaban J connectivity index is 0.00000163. The molecule has 140 valence electrons. The average molecular weight is 380 g/mol. The van der Waals surface area contributed by atoms with Crippen LogP contribution >= 0.6 is 11.6 Å². The molecule has 6 heteroatoms. The van der Waals surface area contributed by atoms with Gasteiger partial charge >= 0.3 is 5.97 Å². The summed E-state index contributed by atoms with van der Waals surface area (Å²) in [6.07, 6.45) is 0. The molecule has 0 N–H and O–H groups in total. The van der Waals surface area contributed by atoms with Gasteiger partial charge in [-0.3, -0.25) is 4.79 Å². The van der Waals surface area contributed by atoms with Crippen LogP contribution in [0.2, 0.25) is 5.15 Å². The van der Waals surface area contributed by atoms with Gasteiger partial charge in [0.2, 0.25) is 0 Å². The van der Waals surface area contributed by atoms with Crippen LogP contribution in [0.15, 0.2) is 42.5 Å². The van der Waals surface area contributed by atoms with Crippen LogP contribution < -0.4 is 4.74 Å². The maximum absolute atomic E-state index is 13.1. The van der Waals surface area contributed by atoms with Gasteiger partial charge in [0.1, 0.15) is 35.6 Å². The van der Waals surface area contributed by atoms with E-state index in [-0.39, 0.29) is 25.0 Å². The highest BCUT2D eigenvalue weighted by Gasteiger charge is 2.14. The highest BCUT2D eigenvalue weighted by Crippen LogP contribution is 2.33. The predicted octanol–water partition coefficient (Wildman–Crippen LogP) is 5.37. The van der Waals surface area contributed by atoms with Crippen molar-refractivity contribution in [2.45, 2.75) is 27.7 Å². The van der Waals surface area contributed by atoms with Gasteiger partial charge < -0.3 is 9.47 Å². The lowest BCUT2D eigenvalue weighted by Gasteiger charge is -2.15. The summed E-state index contributed by atoms with van der Waals surface area (Å²) >= 11 is 6.03. The molecule has 0 aliphatic carbocycles. The van der Waals surface area contributed by atoms with Gasteiger partial charge in [-0.05, 0) is 48.4 Å². The van der Waals surface area contributed by atoms with Crippen LogP contribution in [0.25, 0.3) is 11.3 Å². The molecule has 0 radical (unpaired) electrons. The summed E-state index contributed by atoms with van der Waals surface area (Å²) in [5, 5.41) is 0.318. The van der Waals surface area contributed by atoms with E-state index >= 15 is 0 Å². The summed E-state index contributed by atoms with van der Waals surface area (Å²) in [5.41, 5.74) is 2.59.